The summed E-state index contributed by atoms with van der Waals surface area (Å²) in [6, 6.07) is 2.43. The average Bonchev–Trinajstić information content (AvgIpc) is 2.62. The van der Waals surface area contributed by atoms with Crippen LogP contribution in [0, 0.1) is 12.7 Å². The van der Waals surface area contributed by atoms with Gasteiger partial charge in [0.15, 0.2) is 0 Å². The van der Waals surface area contributed by atoms with E-state index in [0.717, 1.165) is 11.4 Å². The Hall–Kier alpha value is -1.26. The molecule has 0 unspecified atom stereocenters. The second kappa shape index (κ2) is 4.94. The molecule has 90 valence electrons. The maximum Gasteiger partial charge on any atom is 0.126 e. The summed E-state index contributed by atoms with van der Waals surface area (Å²) in [6.45, 7) is 2.39. The van der Waals surface area contributed by atoms with Crippen molar-refractivity contribution in [3.05, 3.63) is 45.7 Å². The Bertz CT molecular complexity index is 516. The standard InChI is InChI=1S/C11H10Cl2FN3/c1-6-10(17-5-16-6)4-15-11-8(12)2-7(14)3-9(11)13/h2-3,5,15H,4H2,1H3,(H,16,17). The van der Waals surface area contributed by atoms with Crippen molar-refractivity contribution in [2.45, 2.75) is 13.5 Å². The van der Waals surface area contributed by atoms with Gasteiger partial charge in [0.2, 0.25) is 0 Å². The third kappa shape index (κ3) is 2.70. The van der Waals surface area contributed by atoms with E-state index in [9.17, 15) is 4.39 Å². The van der Waals surface area contributed by atoms with E-state index in [1.54, 1.807) is 6.33 Å². The number of anilines is 1. The fourth-order valence-corrected chi connectivity index (χ4v) is 2.04. The minimum atomic E-state index is -0.457. The van der Waals surface area contributed by atoms with E-state index in [0.29, 0.717) is 12.2 Å². The van der Waals surface area contributed by atoms with Gasteiger partial charge in [0.05, 0.1) is 34.3 Å². The Balaban J connectivity index is 2.17. The first-order chi connectivity index (χ1) is 8.08. The van der Waals surface area contributed by atoms with Crippen molar-refractivity contribution in [1.82, 2.24) is 9.97 Å². The molecule has 0 bridgehead atoms. The Kier molecular flexibility index (Phi) is 3.54. The smallest absolute Gasteiger partial charge is 0.126 e. The van der Waals surface area contributed by atoms with E-state index in [2.05, 4.69) is 15.3 Å². The maximum absolute atomic E-state index is 13.0. The molecule has 0 atom stereocenters. The van der Waals surface area contributed by atoms with E-state index >= 15 is 0 Å². The first-order valence-electron chi connectivity index (χ1n) is 4.95. The molecule has 0 fully saturated rings. The van der Waals surface area contributed by atoms with Crippen LogP contribution in [0.4, 0.5) is 10.1 Å². The SMILES string of the molecule is Cc1[nH]cnc1CNc1c(Cl)cc(F)cc1Cl. The van der Waals surface area contributed by atoms with Crippen LogP contribution in [0.5, 0.6) is 0 Å². The van der Waals surface area contributed by atoms with Crippen molar-refractivity contribution in [3.63, 3.8) is 0 Å². The highest BCUT2D eigenvalue weighted by molar-refractivity contribution is 6.39. The van der Waals surface area contributed by atoms with Gasteiger partial charge in [-0.1, -0.05) is 23.2 Å². The van der Waals surface area contributed by atoms with Crippen LogP contribution in [0.1, 0.15) is 11.4 Å². The molecule has 17 heavy (non-hydrogen) atoms. The molecule has 0 aliphatic rings. The highest BCUT2D eigenvalue weighted by atomic mass is 35.5. The summed E-state index contributed by atoms with van der Waals surface area (Å²) >= 11 is 11.8. The average molecular weight is 274 g/mol. The predicted molar refractivity (Wildman–Crippen MR) is 67.1 cm³/mol. The number of nitrogens with zero attached hydrogens (tertiary/aromatic N) is 1. The van der Waals surface area contributed by atoms with Gasteiger partial charge < -0.3 is 10.3 Å². The highest BCUT2D eigenvalue weighted by Gasteiger charge is 2.09. The van der Waals surface area contributed by atoms with Crippen LogP contribution >= 0.6 is 23.2 Å². The van der Waals surface area contributed by atoms with Crippen molar-refractivity contribution in [2.24, 2.45) is 0 Å². The number of nitrogens with one attached hydrogen (secondary N) is 2. The number of H-pyrrole nitrogens is 1. The number of imidazole rings is 1. The summed E-state index contributed by atoms with van der Waals surface area (Å²) in [6.07, 6.45) is 1.61. The molecule has 0 spiro atoms. The molecular weight excluding hydrogens is 264 g/mol. The number of halogens is 3. The van der Waals surface area contributed by atoms with Gasteiger partial charge in [-0.05, 0) is 19.1 Å². The topological polar surface area (TPSA) is 40.7 Å². The lowest BCUT2D eigenvalue weighted by Gasteiger charge is -2.09. The fraction of sp³-hybridized carbons (Fsp3) is 0.182. The molecule has 1 heterocycles. The quantitative estimate of drug-likeness (QED) is 0.894. The number of aromatic amines is 1. The molecule has 2 rings (SSSR count). The minimum absolute atomic E-state index is 0.253. The molecular formula is C11H10Cl2FN3. The van der Waals surface area contributed by atoms with Gasteiger partial charge in [-0.3, -0.25) is 0 Å². The van der Waals surface area contributed by atoms with Crippen LogP contribution < -0.4 is 5.32 Å². The van der Waals surface area contributed by atoms with E-state index in [1.165, 1.54) is 12.1 Å². The molecule has 6 heteroatoms. The van der Waals surface area contributed by atoms with Crippen LogP contribution in [0.15, 0.2) is 18.5 Å². The van der Waals surface area contributed by atoms with E-state index in [-0.39, 0.29) is 10.0 Å². The maximum atomic E-state index is 13.0. The molecule has 2 N–H and O–H groups in total. The largest absolute Gasteiger partial charge is 0.377 e. The van der Waals surface area contributed by atoms with Gasteiger partial charge in [-0.2, -0.15) is 0 Å². The number of aromatic nitrogens is 2. The summed E-state index contributed by atoms with van der Waals surface area (Å²) in [5, 5.41) is 3.54. The Morgan fingerprint density at radius 3 is 2.53 bits per heavy atom. The van der Waals surface area contributed by atoms with Crippen LogP contribution in [-0.2, 0) is 6.54 Å². The molecule has 0 aliphatic heterocycles. The van der Waals surface area contributed by atoms with Crippen molar-refractivity contribution in [2.75, 3.05) is 5.32 Å². The zero-order valence-corrected chi connectivity index (χ0v) is 10.5. The van der Waals surface area contributed by atoms with Gasteiger partial charge in [0.1, 0.15) is 5.82 Å². The van der Waals surface area contributed by atoms with Crippen molar-refractivity contribution >= 4 is 28.9 Å². The first-order valence-corrected chi connectivity index (χ1v) is 5.71. The summed E-state index contributed by atoms with van der Waals surface area (Å²) < 4.78 is 13.0. The third-order valence-corrected chi connectivity index (χ3v) is 2.97. The van der Waals surface area contributed by atoms with Gasteiger partial charge >= 0.3 is 0 Å². The molecule has 1 aromatic heterocycles. The first kappa shape index (κ1) is 12.2. The number of aryl methyl sites for hydroxylation is 1. The molecule has 2 aromatic rings. The minimum Gasteiger partial charge on any atom is -0.377 e. The van der Waals surface area contributed by atoms with Crippen LogP contribution in [0.3, 0.4) is 0 Å². The molecule has 0 aliphatic carbocycles. The Morgan fingerprint density at radius 1 is 1.35 bits per heavy atom. The number of benzene rings is 1. The normalized spacial score (nSPS) is 10.6. The number of rotatable bonds is 3. The van der Waals surface area contributed by atoms with Gasteiger partial charge in [0, 0.05) is 5.69 Å². The zero-order chi connectivity index (χ0) is 12.4. The molecule has 3 nitrogen and oxygen atoms in total. The van der Waals surface area contributed by atoms with Gasteiger partial charge in [-0.25, -0.2) is 9.37 Å². The molecule has 0 amide bonds. The predicted octanol–water partition coefficient (Wildman–Crippen LogP) is 3.78. The Labute approximate surface area is 108 Å². The lowest BCUT2D eigenvalue weighted by atomic mass is 10.3. The summed E-state index contributed by atoms with van der Waals surface area (Å²) in [5.74, 6) is -0.457. The number of hydrogen-bond acceptors (Lipinski definition) is 2. The zero-order valence-electron chi connectivity index (χ0n) is 9.02. The van der Waals surface area contributed by atoms with Gasteiger partial charge in [0.25, 0.3) is 0 Å². The van der Waals surface area contributed by atoms with Crippen molar-refractivity contribution in [1.29, 1.82) is 0 Å². The molecule has 0 saturated carbocycles. The van der Waals surface area contributed by atoms with E-state index < -0.39 is 5.82 Å². The van der Waals surface area contributed by atoms with Crippen LogP contribution in [0.2, 0.25) is 10.0 Å². The van der Waals surface area contributed by atoms with E-state index in [1.807, 2.05) is 6.92 Å². The molecule has 1 aromatic carbocycles. The van der Waals surface area contributed by atoms with Gasteiger partial charge in [-0.15, -0.1) is 0 Å². The number of hydrogen-bond donors (Lipinski definition) is 2. The fourth-order valence-electron chi connectivity index (χ4n) is 1.45. The second-order valence-corrected chi connectivity index (χ2v) is 4.39. The van der Waals surface area contributed by atoms with Crippen molar-refractivity contribution < 1.29 is 4.39 Å². The van der Waals surface area contributed by atoms with Crippen LogP contribution in [0.25, 0.3) is 0 Å². The van der Waals surface area contributed by atoms with Crippen molar-refractivity contribution in [3.8, 4) is 0 Å². The lowest BCUT2D eigenvalue weighted by Crippen LogP contribution is -2.02. The monoisotopic (exact) mass is 273 g/mol. The van der Waals surface area contributed by atoms with E-state index in [4.69, 9.17) is 23.2 Å². The molecule has 0 saturated heterocycles. The lowest BCUT2D eigenvalue weighted by molar-refractivity contribution is 0.628. The summed E-state index contributed by atoms with van der Waals surface area (Å²) in [4.78, 5) is 7.10. The van der Waals surface area contributed by atoms with Crippen LogP contribution in [-0.4, -0.2) is 9.97 Å². The highest BCUT2D eigenvalue weighted by Crippen LogP contribution is 2.31. The Morgan fingerprint density at radius 2 is 2.00 bits per heavy atom. The second-order valence-electron chi connectivity index (χ2n) is 3.57. The summed E-state index contributed by atoms with van der Waals surface area (Å²) in [7, 11) is 0. The summed E-state index contributed by atoms with van der Waals surface area (Å²) in [5.41, 5.74) is 2.34. The third-order valence-electron chi connectivity index (χ3n) is 2.37. The molecule has 0 radical (unpaired) electrons.